The van der Waals surface area contributed by atoms with Crippen molar-refractivity contribution in [2.45, 2.75) is 33.1 Å². The summed E-state index contributed by atoms with van der Waals surface area (Å²) in [4.78, 5) is 31.1. The van der Waals surface area contributed by atoms with Gasteiger partial charge in [-0.2, -0.15) is 10.1 Å². The van der Waals surface area contributed by atoms with Crippen LogP contribution in [0.2, 0.25) is 0 Å². The van der Waals surface area contributed by atoms with E-state index in [1.54, 1.807) is 24.3 Å². The Morgan fingerprint density at radius 1 is 1.05 bits per heavy atom. The Kier molecular flexibility index (Phi) is 8.78. The van der Waals surface area contributed by atoms with Gasteiger partial charge in [-0.3, -0.25) is 15.1 Å². The Balaban J connectivity index is 1.37. The fraction of sp³-hybridized carbons (Fsp3) is 0.214. The molecular weight excluding hydrogens is 543 g/mol. The van der Waals surface area contributed by atoms with E-state index in [9.17, 15) is 22.8 Å². The molecule has 40 heavy (non-hydrogen) atoms. The number of hydrogen-bond donors (Lipinski definition) is 2. The largest absolute Gasteiger partial charge is 0.573 e. The van der Waals surface area contributed by atoms with E-state index in [1.165, 1.54) is 47.1 Å². The van der Waals surface area contributed by atoms with E-state index in [-0.39, 0.29) is 23.3 Å². The third-order valence-corrected chi connectivity index (χ3v) is 6.59. The number of aliphatic imine (C=N–C) groups is 1. The lowest BCUT2D eigenvalue weighted by molar-refractivity contribution is -0.274. The van der Waals surface area contributed by atoms with Crippen molar-refractivity contribution in [1.29, 1.82) is 0 Å². The van der Waals surface area contributed by atoms with Crippen LogP contribution >= 0.6 is 11.8 Å². The van der Waals surface area contributed by atoms with Gasteiger partial charge in [-0.05, 0) is 84.1 Å². The maximum atomic E-state index is 12.7. The minimum atomic E-state index is -4.75. The lowest BCUT2D eigenvalue weighted by Crippen LogP contribution is -2.31. The highest BCUT2D eigenvalue weighted by Crippen LogP contribution is 2.34. The second-order valence-electron chi connectivity index (χ2n) is 9.12. The van der Waals surface area contributed by atoms with Crippen LogP contribution in [0.3, 0.4) is 0 Å². The number of amides is 3. The quantitative estimate of drug-likeness (QED) is 0.233. The Morgan fingerprint density at radius 3 is 2.38 bits per heavy atom. The maximum absolute atomic E-state index is 12.7. The molecule has 0 radical (unpaired) electrons. The second kappa shape index (κ2) is 12.2. The van der Waals surface area contributed by atoms with E-state index in [2.05, 4.69) is 25.6 Å². The summed E-state index contributed by atoms with van der Waals surface area (Å²) < 4.78 is 40.6. The molecule has 208 valence electrons. The summed E-state index contributed by atoms with van der Waals surface area (Å²) in [6, 6.07) is 17.2. The van der Waals surface area contributed by atoms with Gasteiger partial charge in [-0.1, -0.05) is 37.7 Å². The van der Waals surface area contributed by atoms with Crippen molar-refractivity contribution in [3.63, 3.8) is 0 Å². The number of nitrogens with zero attached hydrogens (tertiary/aromatic N) is 3. The van der Waals surface area contributed by atoms with E-state index in [0.717, 1.165) is 16.8 Å². The van der Waals surface area contributed by atoms with Crippen molar-refractivity contribution in [2.24, 2.45) is 10.1 Å². The minimum Gasteiger partial charge on any atom is -0.406 e. The molecule has 12 heteroatoms. The molecule has 4 rings (SSSR count). The van der Waals surface area contributed by atoms with Crippen molar-refractivity contribution in [1.82, 2.24) is 0 Å². The summed E-state index contributed by atoms with van der Waals surface area (Å²) in [6.07, 6.45) is -3.31. The molecule has 1 fully saturated rings. The number of anilines is 3. The third-order valence-electron chi connectivity index (χ3n) is 5.67. The summed E-state index contributed by atoms with van der Waals surface area (Å²) in [7, 11) is 0. The monoisotopic (exact) mass is 569 g/mol. The Morgan fingerprint density at radius 2 is 1.73 bits per heavy atom. The van der Waals surface area contributed by atoms with Gasteiger partial charge in [0.05, 0.1) is 23.3 Å². The first-order valence-electron chi connectivity index (χ1n) is 12.2. The number of benzene rings is 3. The molecule has 0 aliphatic carbocycles. The third kappa shape index (κ3) is 7.63. The second-order valence-corrected chi connectivity index (χ2v) is 10.1. The molecule has 0 unspecified atom stereocenters. The zero-order chi connectivity index (χ0) is 28.9. The van der Waals surface area contributed by atoms with Crippen LogP contribution in [0, 0.1) is 6.92 Å². The van der Waals surface area contributed by atoms with Crippen LogP contribution in [-0.2, 0) is 4.79 Å². The number of urea groups is 1. The van der Waals surface area contributed by atoms with Gasteiger partial charge in [-0.25, -0.2) is 4.79 Å². The number of hydrazone groups is 1. The van der Waals surface area contributed by atoms with Gasteiger partial charge in [-0.15, -0.1) is 13.2 Å². The Hall–Kier alpha value is -4.32. The molecule has 0 bridgehead atoms. The highest BCUT2D eigenvalue weighted by atomic mass is 32.2. The molecule has 2 N–H and O–H groups in total. The van der Waals surface area contributed by atoms with Gasteiger partial charge in [0.1, 0.15) is 5.75 Å². The molecule has 0 saturated carbocycles. The zero-order valence-corrected chi connectivity index (χ0v) is 22.6. The molecule has 1 aliphatic heterocycles. The standard InChI is InChI=1S/C28H26F3N5O3S/c1-17(2)23-13-4-18(3)14-24(23)36-25(37)16-40-27(36)34-26(38)33-20-7-9-21(10-8-20)35-32-15-19-5-11-22(12-6-19)39-28(29,30)31/h4-15,17,35H,16H2,1-3H3,(H,33,38)/b32-15+,34-27-. The highest BCUT2D eigenvalue weighted by molar-refractivity contribution is 8.15. The van der Waals surface area contributed by atoms with E-state index in [0.29, 0.717) is 22.1 Å². The average molecular weight is 570 g/mol. The van der Waals surface area contributed by atoms with Crippen LogP contribution in [-0.4, -0.2) is 35.4 Å². The lowest BCUT2D eigenvalue weighted by Gasteiger charge is -2.22. The first-order chi connectivity index (χ1) is 19.0. The summed E-state index contributed by atoms with van der Waals surface area (Å²) >= 11 is 1.21. The molecule has 0 spiro atoms. The lowest BCUT2D eigenvalue weighted by atomic mass is 9.99. The number of rotatable bonds is 7. The number of alkyl halides is 3. The Bertz CT molecular complexity index is 1440. The minimum absolute atomic E-state index is 0.134. The van der Waals surface area contributed by atoms with Gasteiger partial charge < -0.3 is 10.1 Å². The van der Waals surface area contributed by atoms with E-state index >= 15 is 0 Å². The fourth-order valence-corrected chi connectivity index (χ4v) is 4.68. The molecule has 1 aliphatic rings. The van der Waals surface area contributed by atoms with E-state index in [4.69, 9.17) is 0 Å². The average Bonchev–Trinajstić information content (AvgIpc) is 3.24. The van der Waals surface area contributed by atoms with Gasteiger partial charge in [0.25, 0.3) is 0 Å². The number of carbonyl (C=O) groups excluding carboxylic acids is 2. The number of hydrogen-bond acceptors (Lipinski definition) is 6. The Labute approximate surface area is 233 Å². The van der Waals surface area contributed by atoms with Gasteiger partial charge in [0, 0.05) is 5.69 Å². The summed E-state index contributed by atoms with van der Waals surface area (Å²) in [5.74, 6) is -0.0736. The first kappa shape index (κ1) is 28.7. The van der Waals surface area contributed by atoms with Crippen LogP contribution in [0.4, 0.5) is 35.0 Å². The SMILES string of the molecule is Cc1ccc(C(C)C)c(N2C(=O)CS/C2=N\C(=O)Nc2ccc(N/N=C/c3ccc(OC(F)(F)F)cc3)cc2)c1. The number of amidine groups is 1. The molecule has 1 saturated heterocycles. The molecule has 3 aromatic carbocycles. The smallest absolute Gasteiger partial charge is 0.406 e. The number of ether oxygens (including phenoxy) is 1. The van der Waals surface area contributed by atoms with Crippen LogP contribution in [0.25, 0.3) is 0 Å². The number of carbonyl (C=O) groups is 2. The topological polar surface area (TPSA) is 95.4 Å². The van der Waals surface area contributed by atoms with E-state index in [1.807, 2.05) is 39.0 Å². The van der Waals surface area contributed by atoms with Crippen LogP contribution < -0.4 is 20.4 Å². The van der Waals surface area contributed by atoms with Crippen molar-refractivity contribution in [3.8, 4) is 5.75 Å². The van der Waals surface area contributed by atoms with Crippen molar-refractivity contribution < 1.29 is 27.5 Å². The number of aryl methyl sites for hydroxylation is 1. The summed E-state index contributed by atoms with van der Waals surface area (Å²) in [6.45, 7) is 6.04. The molecule has 8 nitrogen and oxygen atoms in total. The molecule has 0 aromatic heterocycles. The fourth-order valence-electron chi connectivity index (χ4n) is 3.82. The van der Waals surface area contributed by atoms with Crippen LogP contribution in [0.5, 0.6) is 5.75 Å². The highest BCUT2D eigenvalue weighted by Gasteiger charge is 2.32. The van der Waals surface area contributed by atoms with Crippen molar-refractivity contribution in [3.05, 3.63) is 83.4 Å². The number of nitrogens with one attached hydrogen (secondary N) is 2. The van der Waals surface area contributed by atoms with Gasteiger partial charge in [0.2, 0.25) is 5.91 Å². The molecule has 3 aromatic rings. The van der Waals surface area contributed by atoms with Gasteiger partial charge >= 0.3 is 12.4 Å². The molecule has 3 amide bonds. The number of halogens is 3. The van der Waals surface area contributed by atoms with Crippen molar-refractivity contribution >= 4 is 52.1 Å². The predicted molar refractivity (Wildman–Crippen MR) is 152 cm³/mol. The molecular formula is C28H26F3N5O3S. The molecule has 0 atom stereocenters. The van der Waals surface area contributed by atoms with E-state index < -0.39 is 12.4 Å². The normalized spacial score (nSPS) is 14.8. The number of thioether (sulfide) groups is 1. The van der Waals surface area contributed by atoms with Crippen LogP contribution in [0.1, 0.15) is 36.5 Å². The first-order valence-corrected chi connectivity index (χ1v) is 13.2. The zero-order valence-electron chi connectivity index (χ0n) is 21.8. The molecule has 1 heterocycles. The predicted octanol–water partition coefficient (Wildman–Crippen LogP) is 7.13. The van der Waals surface area contributed by atoms with Gasteiger partial charge in [0.15, 0.2) is 5.17 Å². The summed E-state index contributed by atoms with van der Waals surface area (Å²) in [5, 5.41) is 7.08. The summed E-state index contributed by atoms with van der Waals surface area (Å²) in [5.41, 5.74) is 7.20. The van der Waals surface area contributed by atoms with Crippen molar-refractivity contribution in [2.75, 3.05) is 21.4 Å². The maximum Gasteiger partial charge on any atom is 0.573 e. The van der Waals surface area contributed by atoms with Crippen LogP contribution in [0.15, 0.2) is 76.8 Å².